The standard InChI is InChI=1S/C23H25N7O/c1-15-7-9-16(10-8-15)18-13-29(14-19(18)28(2)3)23-26-21-17(22(31)27-23)12-25-30(21)20-6-4-5-11-24-20/h4-12,18-19H,13-14H2,1-3H3,(H,26,27,31)/t18-,19+/m1/s1. The molecule has 2 atom stereocenters. The van der Waals surface area contributed by atoms with Gasteiger partial charge in [-0.15, -0.1) is 0 Å². The van der Waals surface area contributed by atoms with Crippen LogP contribution in [-0.4, -0.2) is 62.9 Å². The lowest BCUT2D eigenvalue weighted by atomic mass is 9.93. The summed E-state index contributed by atoms with van der Waals surface area (Å²) < 4.78 is 1.62. The number of fused-ring (bicyclic) bond motifs is 1. The van der Waals surface area contributed by atoms with E-state index in [1.54, 1.807) is 17.1 Å². The molecule has 0 spiro atoms. The van der Waals surface area contributed by atoms with E-state index in [0.717, 1.165) is 13.1 Å². The number of likely N-dealkylation sites (N-methyl/N-ethyl adjacent to an activating group) is 1. The number of pyridine rings is 1. The summed E-state index contributed by atoms with van der Waals surface area (Å²) >= 11 is 0. The number of nitrogens with one attached hydrogen (secondary N) is 1. The van der Waals surface area contributed by atoms with Crippen LogP contribution in [-0.2, 0) is 0 Å². The Labute approximate surface area is 180 Å². The molecule has 1 N–H and O–H groups in total. The Bertz CT molecular complexity index is 1260. The average Bonchev–Trinajstić information content (AvgIpc) is 3.40. The molecule has 3 aromatic heterocycles. The summed E-state index contributed by atoms with van der Waals surface area (Å²) in [5.41, 5.74) is 2.87. The molecule has 31 heavy (non-hydrogen) atoms. The Morgan fingerprint density at radius 2 is 1.90 bits per heavy atom. The number of nitrogens with zero attached hydrogens (tertiary/aromatic N) is 6. The molecule has 158 valence electrons. The third-order valence-corrected chi connectivity index (χ3v) is 6.05. The van der Waals surface area contributed by atoms with E-state index < -0.39 is 0 Å². The summed E-state index contributed by atoms with van der Waals surface area (Å²) in [6.45, 7) is 3.65. The number of hydrogen-bond acceptors (Lipinski definition) is 6. The highest BCUT2D eigenvalue weighted by Crippen LogP contribution is 2.32. The first-order valence-electron chi connectivity index (χ1n) is 10.4. The molecule has 4 heterocycles. The largest absolute Gasteiger partial charge is 0.340 e. The molecule has 1 aliphatic heterocycles. The van der Waals surface area contributed by atoms with Crippen molar-refractivity contribution in [2.24, 2.45) is 0 Å². The van der Waals surface area contributed by atoms with E-state index >= 15 is 0 Å². The quantitative estimate of drug-likeness (QED) is 0.551. The second-order valence-corrected chi connectivity index (χ2v) is 8.32. The van der Waals surface area contributed by atoms with Crippen molar-refractivity contribution in [3.05, 3.63) is 76.3 Å². The third-order valence-electron chi connectivity index (χ3n) is 6.05. The van der Waals surface area contributed by atoms with E-state index in [0.29, 0.717) is 34.8 Å². The number of benzene rings is 1. The molecule has 0 saturated carbocycles. The summed E-state index contributed by atoms with van der Waals surface area (Å²) in [6.07, 6.45) is 3.24. The van der Waals surface area contributed by atoms with E-state index in [4.69, 9.17) is 4.98 Å². The van der Waals surface area contributed by atoms with Crippen LogP contribution in [0.3, 0.4) is 0 Å². The Morgan fingerprint density at radius 1 is 1.10 bits per heavy atom. The summed E-state index contributed by atoms with van der Waals surface area (Å²) in [7, 11) is 4.20. The second-order valence-electron chi connectivity index (χ2n) is 8.32. The number of hydrogen-bond donors (Lipinski definition) is 1. The van der Waals surface area contributed by atoms with Gasteiger partial charge in [-0.2, -0.15) is 14.8 Å². The maximum atomic E-state index is 12.8. The van der Waals surface area contributed by atoms with Crippen LogP contribution in [0.5, 0.6) is 0 Å². The molecule has 0 unspecified atom stereocenters. The molecule has 1 aliphatic rings. The number of anilines is 1. The Hall–Kier alpha value is -3.52. The normalized spacial score (nSPS) is 18.9. The van der Waals surface area contributed by atoms with Crippen LogP contribution in [0.4, 0.5) is 5.95 Å². The lowest BCUT2D eigenvalue weighted by Crippen LogP contribution is -2.35. The highest BCUT2D eigenvalue weighted by atomic mass is 16.1. The Morgan fingerprint density at radius 3 is 2.61 bits per heavy atom. The molecule has 0 aliphatic carbocycles. The molecule has 0 bridgehead atoms. The lowest BCUT2D eigenvalue weighted by molar-refractivity contribution is 0.292. The van der Waals surface area contributed by atoms with E-state index in [9.17, 15) is 4.79 Å². The zero-order chi connectivity index (χ0) is 21.5. The van der Waals surface area contributed by atoms with Crippen LogP contribution in [0.1, 0.15) is 17.0 Å². The van der Waals surface area contributed by atoms with E-state index in [1.165, 1.54) is 11.1 Å². The van der Waals surface area contributed by atoms with Crippen LogP contribution < -0.4 is 10.5 Å². The van der Waals surface area contributed by atoms with Crippen molar-refractivity contribution >= 4 is 17.0 Å². The first kappa shape index (κ1) is 19.4. The van der Waals surface area contributed by atoms with Gasteiger partial charge in [0.2, 0.25) is 5.95 Å². The van der Waals surface area contributed by atoms with E-state index in [2.05, 4.69) is 70.2 Å². The van der Waals surface area contributed by atoms with Crippen molar-refractivity contribution in [3.8, 4) is 5.82 Å². The highest BCUT2D eigenvalue weighted by Gasteiger charge is 2.36. The summed E-state index contributed by atoms with van der Waals surface area (Å²) in [5, 5.41) is 4.80. The fourth-order valence-electron chi connectivity index (χ4n) is 4.33. The first-order chi connectivity index (χ1) is 15.0. The van der Waals surface area contributed by atoms with Crippen molar-refractivity contribution < 1.29 is 0 Å². The highest BCUT2D eigenvalue weighted by molar-refractivity contribution is 5.76. The SMILES string of the molecule is Cc1ccc([C@H]2CN(c3nc4c(cnn4-c4ccccn4)c(=O)[nH]3)C[C@@H]2N(C)C)cc1. The smallest absolute Gasteiger partial charge is 0.263 e. The second kappa shape index (κ2) is 7.63. The van der Waals surface area contributed by atoms with Gasteiger partial charge < -0.3 is 9.80 Å². The minimum atomic E-state index is -0.192. The van der Waals surface area contributed by atoms with Crippen molar-refractivity contribution in [3.63, 3.8) is 0 Å². The van der Waals surface area contributed by atoms with Crippen LogP contribution in [0.2, 0.25) is 0 Å². The molecule has 1 fully saturated rings. The molecule has 8 heteroatoms. The van der Waals surface area contributed by atoms with Gasteiger partial charge in [-0.1, -0.05) is 35.9 Å². The predicted octanol–water partition coefficient (Wildman–Crippen LogP) is 2.35. The number of H-pyrrole nitrogens is 1. The number of rotatable bonds is 4. The zero-order valence-corrected chi connectivity index (χ0v) is 17.9. The van der Waals surface area contributed by atoms with Crippen molar-refractivity contribution in [2.75, 3.05) is 32.1 Å². The van der Waals surface area contributed by atoms with Gasteiger partial charge in [-0.3, -0.25) is 9.78 Å². The van der Waals surface area contributed by atoms with Gasteiger partial charge in [0.25, 0.3) is 5.56 Å². The topological polar surface area (TPSA) is 82.9 Å². The maximum absolute atomic E-state index is 12.8. The molecular formula is C23H25N7O. The first-order valence-corrected chi connectivity index (χ1v) is 10.4. The molecular weight excluding hydrogens is 390 g/mol. The monoisotopic (exact) mass is 415 g/mol. The predicted molar refractivity (Wildman–Crippen MR) is 121 cm³/mol. The number of aryl methyl sites for hydroxylation is 1. The minimum Gasteiger partial charge on any atom is -0.340 e. The minimum absolute atomic E-state index is 0.192. The maximum Gasteiger partial charge on any atom is 0.263 e. The third kappa shape index (κ3) is 3.48. The molecule has 1 saturated heterocycles. The summed E-state index contributed by atoms with van der Waals surface area (Å²) in [6, 6.07) is 14.6. The summed E-state index contributed by atoms with van der Waals surface area (Å²) in [5.74, 6) is 1.51. The van der Waals surface area contributed by atoms with Crippen LogP contribution in [0.25, 0.3) is 16.9 Å². The molecule has 5 rings (SSSR count). The fourth-order valence-corrected chi connectivity index (χ4v) is 4.33. The fraction of sp³-hybridized carbons (Fsp3) is 0.304. The average molecular weight is 416 g/mol. The van der Waals surface area contributed by atoms with Crippen LogP contribution >= 0.6 is 0 Å². The molecule has 4 aromatic rings. The van der Waals surface area contributed by atoms with Crippen molar-refractivity contribution in [2.45, 2.75) is 18.9 Å². The molecule has 1 aromatic carbocycles. The van der Waals surface area contributed by atoms with Gasteiger partial charge in [-0.25, -0.2) is 4.98 Å². The zero-order valence-electron chi connectivity index (χ0n) is 17.9. The van der Waals surface area contributed by atoms with Gasteiger partial charge in [0.05, 0.1) is 6.20 Å². The number of aromatic amines is 1. The van der Waals surface area contributed by atoms with Gasteiger partial charge >= 0.3 is 0 Å². The van der Waals surface area contributed by atoms with Gasteiger partial charge in [-0.05, 0) is 38.7 Å². The van der Waals surface area contributed by atoms with Crippen LogP contribution in [0, 0.1) is 6.92 Å². The molecule has 0 amide bonds. The van der Waals surface area contributed by atoms with Crippen LogP contribution in [0.15, 0.2) is 59.7 Å². The van der Waals surface area contributed by atoms with Crippen molar-refractivity contribution in [1.29, 1.82) is 0 Å². The lowest BCUT2D eigenvalue weighted by Gasteiger charge is -2.25. The van der Waals surface area contributed by atoms with Gasteiger partial charge in [0, 0.05) is 31.2 Å². The molecule has 0 radical (unpaired) electrons. The van der Waals surface area contributed by atoms with Gasteiger partial charge in [0.15, 0.2) is 11.5 Å². The summed E-state index contributed by atoms with van der Waals surface area (Å²) in [4.78, 5) is 29.3. The Kier molecular flexibility index (Phi) is 4.78. The molecule has 8 nitrogen and oxygen atoms in total. The number of aromatic nitrogens is 5. The Balaban J connectivity index is 1.54. The van der Waals surface area contributed by atoms with Crippen molar-refractivity contribution in [1.82, 2.24) is 29.6 Å². The van der Waals surface area contributed by atoms with E-state index in [-0.39, 0.29) is 5.56 Å². The van der Waals surface area contributed by atoms with E-state index in [1.807, 2.05) is 18.2 Å². The van der Waals surface area contributed by atoms with Gasteiger partial charge in [0.1, 0.15) is 5.39 Å².